The Balaban J connectivity index is 1.83. The highest BCUT2D eigenvalue weighted by Gasteiger charge is 2.19. The molecular formula is C18H17ClFN3O2. The summed E-state index contributed by atoms with van der Waals surface area (Å²) in [7, 11) is 3.37. The van der Waals surface area contributed by atoms with Crippen LogP contribution < -0.4 is 10.1 Å². The molecule has 7 heteroatoms. The molecule has 1 amide bonds. The molecule has 0 saturated heterocycles. The third kappa shape index (κ3) is 3.58. The molecule has 0 bridgehead atoms. The first-order chi connectivity index (χ1) is 12.0. The molecule has 0 spiro atoms. The number of hydrogen-bond donors (Lipinski definition) is 1. The van der Waals surface area contributed by atoms with E-state index in [4.69, 9.17) is 16.3 Å². The van der Waals surface area contributed by atoms with Gasteiger partial charge in [0.25, 0.3) is 5.91 Å². The molecule has 0 aromatic heterocycles. The van der Waals surface area contributed by atoms with Gasteiger partial charge in [0.05, 0.1) is 24.9 Å². The normalized spacial score (nSPS) is 13.6. The molecular weight excluding hydrogens is 345 g/mol. The van der Waals surface area contributed by atoms with E-state index in [0.717, 1.165) is 12.4 Å². The number of carbonyl (C=O) groups excluding carboxylic acids is 1. The molecule has 0 aliphatic carbocycles. The van der Waals surface area contributed by atoms with Crippen LogP contribution in [0.4, 0.5) is 10.1 Å². The van der Waals surface area contributed by atoms with E-state index in [1.165, 1.54) is 19.2 Å². The number of ether oxygens (including phenoxy) is 1. The molecule has 3 rings (SSSR count). The zero-order valence-electron chi connectivity index (χ0n) is 13.8. The van der Waals surface area contributed by atoms with Crippen molar-refractivity contribution in [2.75, 3.05) is 32.6 Å². The predicted molar refractivity (Wildman–Crippen MR) is 96.4 cm³/mol. The van der Waals surface area contributed by atoms with E-state index in [0.29, 0.717) is 28.6 Å². The van der Waals surface area contributed by atoms with Gasteiger partial charge in [0, 0.05) is 30.2 Å². The Morgan fingerprint density at radius 3 is 2.76 bits per heavy atom. The number of nitrogens with zero attached hydrogens (tertiary/aromatic N) is 2. The minimum Gasteiger partial charge on any atom is -0.495 e. The lowest BCUT2D eigenvalue weighted by Gasteiger charge is -2.15. The van der Waals surface area contributed by atoms with Gasteiger partial charge in [-0.05, 0) is 24.3 Å². The van der Waals surface area contributed by atoms with Gasteiger partial charge in [0.2, 0.25) is 0 Å². The molecule has 5 nitrogen and oxygen atoms in total. The highest BCUT2D eigenvalue weighted by atomic mass is 35.5. The Kier molecular flexibility index (Phi) is 4.90. The number of hydrogen-bond acceptors (Lipinski definition) is 4. The Morgan fingerprint density at radius 1 is 1.32 bits per heavy atom. The average molecular weight is 362 g/mol. The summed E-state index contributed by atoms with van der Waals surface area (Å²) < 4.78 is 19.6. The molecule has 1 aliphatic rings. The summed E-state index contributed by atoms with van der Waals surface area (Å²) in [5.74, 6) is -0.0395. The lowest BCUT2D eigenvalue weighted by molar-refractivity contribution is 0.102. The SMILES string of the molecule is COc1cc(Cl)ccc1NC(=O)c1ccc(C2=NCCN2C)cc1F. The average Bonchev–Trinajstić information content (AvgIpc) is 3.02. The number of amidine groups is 1. The van der Waals surface area contributed by atoms with E-state index in [9.17, 15) is 9.18 Å². The second-order valence-electron chi connectivity index (χ2n) is 5.62. The van der Waals surface area contributed by atoms with Crippen molar-refractivity contribution in [1.29, 1.82) is 0 Å². The summed E-state index contributed by atoms with van der Waals surface area (Å²) in [5.41, 5.74) is 1.01. The minimum absolute atomic E-state index is 0.0537. The predicted octanol–water partition coefficient (Wildman–Crippen LogP) is 3.43. The lowest BCUT2D eigenvalue weighted by Crippen LogP contribution is -2.24. The first-order valence-electron chi connectivity index (χ1n) is 7.70. The quantitative estimate of drug-likeness (QED) is 0.907. The van der Waals surface area contributed by atoms with E-state index < -0.39 is 11.7 Å². The molecule has 0 saturated carbocycles. The molecule has 0 fully saturated rings. The number of methoxy groups -OCH3 is 1. The number of likely N-dealkylation sites (N-methyl/N-ethyl adjacent to an activating group) is 1. The van der Waals surface area contributed by atoms with E-state index >= 15 is 0 Å². The maximum atomic E-state index is 14.4. The van der Waals surface area contributed by atoms with Gasteiger partial charge in [-0.25, -0.2) is 4.39 Å². The summed E-state index contributed by atoms with van der Waals surface area (Å²) in [6.07, 6.45) is 0. The van der Waals surface area contributed by atoms with E-state index in [1.54, 1.807) is 24.3 Å². The van der Waals surface area contributed by atoms with E-state index in [1.807, 2.05) is 11.9 Å². The third-order valence-corrected chi connectivity index (χ3v) is 4.18. The number of rotatable bonds is 4. The van der Waals surface area contributed by atoms with Gasteiger partial charge in [-0.1, -0.05) is 17.7 Å². The number of amides is 1. The topological polar surface area (TPSA) is 53.9 Å². The van der Waals surface area contributed by atoms with Crippen molar-refractivity contribution >= 4 is 29.0 Å². The third-order valence-electron chi connectivity index (χ3n) is 3.94. The first kappa shape index (κ1) is 17.2. The van der Waals surface area contributed by atoms with Gasteiger partial charge in [-0.2, -0.15) is 0 Å². The molecule has 130 valence electrons. The molecule has 2 aromatic rings. The van der Waals surface area contributed by atoms with Gasteiger partial charge in [-0.3, -0.25) is 9.79 Å². The van der Waals surface area contributed by atoms with Gasteiger partial charge in [0.1, 0.15) is 17.4 Å². The highest BCUT2D eigenvalue weighted by Crippen LogP contribution is 2.28. The highest BCUT2D eigenvalue weighted by molar-refractivity contribution is 6.30. The van der Waals surface area contributed by atoms with Crippen LogP contribution in [0.2, 0.25) is 5.02 Å². The smallest absolute Gasteiger partial charge is 0.258 e. The Labute approximate surface area is 150 Å². The molecule has 0 radical (unpaired) electrons. The van der Waals surface area contributed by atoms with E-state index in [-0.39, 0.29) is 5.56 Å². The molecule has 1 heterocycles. The van der Waals surface area contributed by atoms with Crippen molar-refractivity contribution in [2.45, 2.75) is 0 Å². The van der Waals surface area contributed by atoms with Gasteiger partial charge in [-0.15, -0.1) is 0 Å². The lowest BCUT2D eigenvalue weighted by atomic mass is 10.1. The second-order valence-corrected chi connectivity index (χ2v) is 6.06. The largest absolute Gasteiger partial charge is 0.495 e. The summed E-state index contributed by atoms with van der Waals surface area (Å²) in [4.78, 5) is 18.7. The zero-order valence-corrected chi connectivity index (χ0v) is 14.6. The van der Waals surface area contributed by atoms with Crippen LogP contribution in [0.25, 0.3) is 0 Å². The van der Waals surface area contributed by atoms with Crippen LogP contribution in [0, 0.1) is 5.82 Å². The molecule has 0 atom stereocenters. The van der Waals surface area contributed by atoms with Crippen molar-refractivity contribution in [1.82, 2.24) is 4.90 Å². The minimum atomic E-state index is -0.606. The van der Waals surface area contributed by atoms with Crippen molar-refractivity contribution < 1.29 is 13.9 Å². The molecule has 2 aromatic carbocycles. The van der Waals surface area contributed by atoms with Crippen LogP contribution in [0.1, 0.15) is 15.9 Å². The number of nitrogens with one attached hydrogen (secondary N) is 1. The first-order valence-corrected chi connectivity index (χ1v) is 8.08. The second kappa shape index (κ2) is 7.11. The van der Waals surface area contributed by atoms with Crippen LogP contribution >= 0.6 is 11.6 Å². The van der Waals surface area contributed by atoms with Crippen molar-refractivity contribution in [2.24, 2.45) is 4.99 Å². The van der Waals surface area contributed by atoms with Crippen LogP contribution in [0.3, 0.4) is 0 Å². The maximum Gasteiger partial charge on any atom is 0.258 e. The van der Waals surface area contributed by atoms with Crippen LogP contribution in [0.5, 0.6) is 5.75 Å². The fraction of sp³-hybridized carbons (Fsp3) is 0.222. The number of benzene rings is 2. The Bertz CT molecular complexity index is 854. The molecule has 1 aliphatic heterocycles. The summed E-state index contributed by atoms with van der Waals surface area (Å²) >= 11 is 5.90. The molecule has 1 N–H and O–H groups in total. The monoisotopic (exact) mass is 361 g/mol. The van der Waals surface area contributed by atoms with Crippen molar-refractivity contribution in [3.8, 4) is 5.75 Å². The number of halogens is 2. The van der Waals surface area contributed by atoms with Gasteiger partial charge < -0.3 is 15.0 Å². The number of anilines is 1. The zero-order chi connectivity index (χ0) is 18.0. The summed E-state index contributed by atoms with van der Waals surface area (Å²) in [6, 6.07) is 9.27. The number of aliphatic imine (C=N–C) groups is 1. The fourth-order valence-electron chi connectivity index (χ4n) is 2.64. The van der Waals surface area contributed by atoms with Crippen LogP contribution in [0.15, 0.2) is 41.4 Å². The summed E-state index contributed by atoms with van der Waals surface area (Å²) in [5, 5.41) is 3.12. The fourth-order valence-corrected chi connectivity index (χ4v) is 2.80. The molecule has 25 heavy (non-hydrogen) atoms. The van der Waals surface area contributed by atoms with Crippen molar-refractivity contribution in [3.05, 3.63) is 58.4 Å². The number of carbonyl (C=O) groups is 1. The van der Waals surface area contributed by atoms with Crippen molar-refractivity contribution in [3.63, 3.8) is 0 Å². The van der Waals surface area contributed by atoms with Crippen LogP contribution in [-0.4, -0.2) is 43.9 Å². The van der Waals surface area contributed by atoms with Gasteiger partial charge in [0.15, 0.2) is 0 Å². The Morgan fingerprint density at radius 2 is 2.12 bits per heavy atom. The summed E-state index contributed by atoms with van der Waals surface area (Å²) in [6.45, 7) is 1.49. The standard InChI is InChI=1S/C18H17ClFN3O2/c1-23-8-7-21-17(23)11-3-5-13(14(20)9-11)18(24)22-15-6-4-12(19)10-16(15)25-2/h3-6,9-10H,7-8H2,1-2H3,(H,22,24). The maximum absolute atomic E-state index is 14.4. The Hall–Kier alpha value is -2.60. The van der Waals surface area contributed by atoms with Gasteiger partial charge >= 0.3 is 0 Å². The molecule has 0 unspecified atom stereocenters. The van der Waals surface area contributed by atoms with Crippen LogP contribution in [-0.2, 0) is 0 Å². The van der Waals surface area contributed by atoms with E-state index in [2.05, 4.69) is 10.3 Å².